The molecule has 0 spiro atoms. The van der Waals surface area contributed by atoms with Crippen LogP contribution in [0.1, 0.15) is 34.2 Å². The largest absolute Gasteiger partial charge is 0.493 e. The second-order valence-electron chi connectivity index (χ2n) is 5.65. The molecule has 0 fully saturated rings. The number of carbonyl (C=O) groups excluding carboxylic acids is 1. The van der Waals surface area contributed by atoms with Crippen molar-refractivity contribution < 1.29 is 9.53 Å². The number of aromatic nitrogens is 2. The monoisotopic (exact) mass is 336 g/mol. The Kier molecular flexibility index (Phi) is 4.79. The van der Waals surface area contributed by atoms with Crippen molar-refractivity contribution in [2.75, 3.05) is 6.61 Å². The zero-order valence-corrected chi connectivity index (χ0v) is 14.5. The number of imidazole rings is 1. The first-order chi connectivity index (χ1) is 12.1. The molecule has 1 aromatic carbocycles. The summed E-state index contributed by atoms with van der Waals surface area (Å²) in [6.45, 7) is 6.29. The maximum absolute atomic E-state index is 12.5. The second kappa shape index (κ2) is 7.17. The molecule has 0 bridgehead atoms. The lowest BCUT2D eigenvalue weighted by atomic mass is 10.2. The summed E-state index contributed by atoms with van der Waals surface area (Å²) in [7, 11) is 0. The average Bonchev–Trinajstić information content (AvgIpc) is 2.91. The van der Waals surface area contributed by atoms with Crippen LogP contribution in [0.3, 0.4) is 0 Å². The number of fused-ring (bicyclic) bond motifs is 1. The highest BCUT2D eigenvalue weighted by atomic mass is 16.5. The molecule has 0 saturated heterocycles. The summed E-state index contributed by atoms with van der Waals surface area (Å²) in [5.74, 6) is 0.420. The summed E-state index contributed by atoms with van der Waals surface area (Å²) < 4.78 is 7.30. The van der Waals surface area contributed by atoms with Gasteiger partial charge in [0.1, 0.15) is 17.1 Å². The Morgan fingerprint density at radius 1 is 1.32 bits per heavy atom. The van der Waals surface area contributed by atoms with Crippen LogP contribution in [0.25, 0.3) is 5.65 Å². The van der Waals surface area contributed by atoms with E-state index in [9.17, 15) is 4.79 Å². The zero-order chi connectivity index (χ0) is 17.8. The summed E-state index contributed by atoms with van der Waals surface area (Å²) in [5.41, 5.74) is 6.34. The van der Waals surface area contributed by atoms with E-state index in [1.807, 2.05) is 63.4 Å². The molecule has 1 amide bonds. The van der Waals surface area contributed by atoms with E-state index in [1.54, 1.807) is 10.6 Å². The van der Waals surface area contributed by atoms with E-state index in [1.165, 1.54) is 0 Å². The fourth-order valence-corrected chi connectivity index (χ4v) is 2.63. The van der Waals surface area contributed by atoms with Gasteiger partial charge in [0.25, 0.3) is 5.91 Å². The molecule has 128 valence electrons. The van der Waals surface area contributed by atoms with Gasteiger partial charge in [-0.2, -0.15) is 5.10 Å². The van der Waals surface area contributed by atoms with Crippen molar-refractivity contribution in [3.8, 4) is 5.75 Å². The molecule has 6 heteroatoms. The summed E-state index contributed by atoms with van der Waals surface area (Å²) in [4.78, 5) is 16.9. The summed E-state index contributed by atoms with van der Waals surface area (Å²) in [6, 6.07) is 11.4. The van der Waals surface area contributed by atoms with Crippen molar-refractivity contribution in [3.05, 3.63) is 65.1 Å². The highest BCUT2D eigenvalue weighted by Gasteiger charge is 2.16. The molecule has 0 unspecified atom stereocenters. The second-order valence-corrected chi connectivity index (χ2v) is 5.65. The number of para-hydroxylation sites is 1. The van der Waals surface area contributed by atoms with Crippen LogP contribution in [0.2, 0.25) is 0 Å². The van der Waals surface area contributed by atoms with Crippen LogP contribution in [0.4, 0.5) is 0 Å². The third-order valence-corrected chi connectivity index (χ3v) is 3.76. The Hall–Kier alpha value is -3.15. The molecule has 0 aliphatic carbocycles. The third kappa shape index (κ3) is 3.52. The molecule has 3 rings (SSSR count). The Labute approximate surface area is 146 Å². The van der Waals surface area contributed by atoms with Gasteiger partial charge in [-0.3, -0.25) is 9.20 Å². The van der Waals surface area contributed by atoms with Gasteiger partial charge < -0.3 is 4.74 Å². The normalized spacial score (nSPS) is 11.2. The van der Waals surface area contributed by atoms with Crippen LogP contribution in [-0.4, -0.2) is 28.1 Å². The van der Waals surface area contributed by atoms with Crippen LogP contribution in [-0.2, 0) is 0 Å². The van der Waals surface area contributed by atoms with Crippen LogP contribution >= 0.6 is 0 Å². The Morgan fingerprint density at radius 3 is 2.92 bits per heavy atom. The zero-order valence-electron chi connectivity index (χ0n) is 14.5. The molecule has 1 N–H and O–H groups in total. The highest BCUT2D eigenvalue weighted by Crippen LogP contribution is 2.16. The van der Waals surface area contributed by atoms with Crippen molar-refractivity contribution in [2.24, 2.45) is 5.10 Å². The maximum Gasteiger partial charge on any atom is 0.290 e. The summed E-state index contributed by atoms with van der Waals surface area (Å²) in [5, 5.41) is 4.06. The van der Waals surface area contributed by atoms with Gasteiger partial charge in [0.15, 0.2) is 0 Å². The number of ether oxygens (including phenoxy) is 1. The van der Waals surface area contributed by atoms with Gasteiger partial charge in [-0.25, -0.2) is 10.4 Å². The number of amides is 1. The minimum atomic E-state index is -0.306. The molecule has 2 aromatic heterocycles. The van der Waals surface area contributed by atoms with E-state index in [0.29, 0.717) is 18.0 Å². The summed E-state index contributed by atoms with van der Waals surface area (Å²) >= 11 is 0. The maximum atomic E-state index is 12.5. The lowest BCUT2D eigenvalue weighted by Gasteiger charge is -2.06. The lowest BCUT2D eigenvalue weighted by molar-refractivity contribution is 0.0948. The number of hydrazone groups is 1. The predicted molar refractivity (Wildman–Crippen MR) is 97.3 cm³/mol. The van der Waals surface area contributed by atoms with Crippen molar-refractivity contribution in [1.29, 1.82) is 0 Å². The van der Waals surface area contributed by atoms with E-state index in [2.05, 4.69) is 15.5 Å². The first kappa shape index (κ1) is 16.7. The number of aryl methyl sites for hydroxylation is 2. The van der Waals surface area contributed by atoms with Gasteiger partial charge in [0, 0.05) is 11.8 Å². The van der Waals surface area contributed by atoms with E-state index < -0.39 is 0 Å². The molecule has 0 radical (unpaired) electrons. The molecule has 2 heterocycles. The van der Waals surface area contributed by atoms with E-state index in [0.717, 1.165) is 22.5 Å². The number of hydrogen-bond acceptors (Lipinski definition) is 4. The molecular weight excluding hydrogens is 316 g/mol. The fraction of sp³-hybridized carbons (Fsp3) is 0.211. The standard InChI is InChI=1S/C19H20N4O2/c1-4-25-16-8-6-5-7-15(16)12-20-22-19(24)18-14(3)21-17-11-13(2)9-10-23(17)18/h5-12H,4H2,1-3H3,(H,22,24)/b20-12-. The first-order valence-electron chi connectivity index (χ1n) is 8.10. The van der Waals surface area contributed by atoms with Crippen LogP contribution in [0, 0.1) is 13.8 Å². The topological polar surface area (TPSA) is 68.0 Å². The SMILES string of the molecule is CCOc1ccccc1/C=N\NC(=O)c1c(C)nc2cc(C)ccn12. The van der Waals surface area contributed by atoms with E-state index >= 15 is 0 Å². The van der Waals surface area contributed by atoms with Crippen molar-refractivity contribution in [3.63, 3.8) is 0 Å². The first-order valence-corrected chi connectivity index (χ1v) is 8.10. The number of nitrogens with one attached hydrogen (secondary N) is 1. The van der Waals surface area contributed by atoms with Crippen LogP contribution < -0.4 is 10.2 Å². The minimum Gasteiger partial charge on any atom is -0.493 e. The number of benzene rings is 1. The molecule has 0 aliphatic rings. The van der Waals surface area contributed by atoms with Crippen molar-refractivity contribution in [2.45, 2.75) is 20.8 Å². The van der Waals surface area contributed by atoms with Gasteiger partial charge in [-0.05, 0) is 50.6 Å². The summed E-state index contributed by atoms with van der Waals surface area (Å²) in [6.07, 6.45) is 3.42. The molecule has 0 atom stereocenters. The van der Waals surface area contributed by atoms with Gasteiger partial charge in [-0.1, -0.05) is 12.1 Å². The van der Waals surface area contributed by atoms with E-state index in [-0.39, 0.29) is 5.91 Å². The molecule has 25 heavy (non-hydrogen) atoms. The van der Waals surface area contributed by atoms with Crippen LogP contribution in [0.15, 0.2) is 47.7 Å². The Morgan fingerprint density at radius 2 is 2.12 bits per heavy atom. The number of carbonyl (C=O) groups is 1. The molecular formula is C19H20N4O2. The quantitative estimate of drug-likeness (QED) is 0.575. The lowest BCUT2D eigenvalue weighted by Crippen LogP contribution is -2.20. The fourth-order valence-electron chi connectivity index (χ4n) is 2.63. The number of nitrogens with zero attached hydrogens (tertiary/aromatic N) is 3. The van der Waals surface area contributed by atoms with E-state index in [4.69, 9.17) is 4.74 Å². The molecule has 6 nitrogen and oxygen atoms in total. The molecule has 3 aromatic rings. The van der Waals surface area contributed by atoms with Gasteiger partial charge in [0.05, 0.1) is 18.5 Å². The van der Waals surface area contributed by atoms with Crippen molar-refractivity contribution in [1.82, 2.24) is 14.8 Å². The average molecular weight is 336 g/mol. The molecule has 0 saturated carbocycles. The smallest absolute Gasteiger partial charge is 0.290 e. The molecule has 0 aliphatic heterocycles. The number of hydrogen-bond donors (Lipinski definition) is 1. The van der Waals surface area contributed by atoms with Gasteiger partial charge in [-0.15, -0.1) is 0 Å². The minimum absolute atomic E-state index is 0.306. The number of pyridine rings is 1. The Bertz CT molecular complexity index is 944. The highest BCUT2D eigenvalue weighted by molar-refractivity contribution is 5.95. The van der Waals surface area contributed by atoms with Crippen molar-refractivity contribution >= 4 is 17.8 Å². The van der Waals surface area contributed by atoms with Gasteiger partial charge >= 0.3 is 0 Å². The van der Waals surface area contributed by atoms with Crippen LogP contribution in [0.5, 0.6) is 5.75 Å². The predicted octanol–water partition coefficient (Wildman–Crippen LogP) is 3.11. The van der Waals surface area contributed by atoms with Gasteiger partial charge in [0.2, 0.25) is 0 Å². The number of rotatable bonds is 5. The third-order valence-electron chi connectivity index (χ3n) is 3.76. The Balaban J connectivity index is 1.81.